The second-order valence-corrected chi connectivity index (χ2v) is 7.40. The maximum Gasteiger partial charge on any atom is 0.260 e. The van der Waals surface area contributed by atoms with Crippen molar-refractivity contribution in [1.29, 1.82) is 0 Å². The summed E-state index contributed by atoms with van der Waals surface area (Å²) >= 11 is 5.99. The van der Waals surface area contributed by atoms with Crippen LogP contribution >= 0.6 is 11.6 Å². The van der Waals surface area contributed by atoms with Gasteiger partial charge in [-0.25, -0.2) is 0 Å². The van der Waals surface area contributed by atoms with Crippen LogP contribution in [0.5, 0.6) is 0 Å². The predicted octanol–water partition coefficient (Wildman–Crippen LogP) is 3.13. The molecule has 0 radical (unpaired) electrons. The molecule has 0 aliphatic carbocycles. The fourth-order valence-corrected chi connectivity index (χ4v) is 4.09. The normalized spacial score (nSPS) is 18.8. The summed E-state index contributed by atoms with van der Waals surface area (Å²) in [6, 6.07) is 17.9. The molecule has 5 rings (SSSR count). The van der Waals surface area contributed by atoms with Crippen molar-refractivity contribution < 1.29 is 4.79 Å². The summed E-state index contributed by atoms with van der Waals surface area (Å²) in [5, 5.41) is 0.697. The lowest BCUT2D eigenvalue weighted by Gasteiger charge is -2.35. The smallest absolute Gasteiger partial charge is 0.260 e. The van der Waals surface area contributed by atoms with E-state index in [1.165, 1.54) is 0 Å². The molecule has 0 aromatic heterocycles. The fraction of sp³-hybridized carbons (Fsp3) is 0.238. The number of fused-ring (bicyclic) bond motifs is 2. The molecule has 27 heavy (non-hydrogen) atoms. The van der Waals surface area contributed by atoms with E-state index >= 15 is 0 Å². The topological polar surface area (TPSA) is 39.2 Å². The number of carbonyl (C=O) groups excluding carboxylic acids is 1. The number of halogens is 1. The summed E-state index contributed by atoms with van der Waals surface area (Å²) in [4.78, 5) is 24.2. The highest BCUT2D eigenvalue weighted by atomic mass is 35.5. The van der Waals surface area contributed by atoms with Gasteiger partial charge >= 0.3 is 0 Å². The Labute approximate surface area is 163 Å². The lowest BCUT2D eigenvalue weighted by Crippen LogP contribution is -2.49. The SMILES string of the molecule is O=C1C2=C(CN(c3ccccc3)C2)N2CCN=C2N1Cc1ccc(Cl)cc1. The van der Waals surface area contributed by atoms with Crippen LogP contribution in [0.25, 0.3) is 0 Å². The monoisotopic (exact) mass is 378 g/mol. The molecule has 2 aromatic carbocycles. The van der Waals surface area contributed by atoms with Gasteiger partial charge in [-0.2, -0.15) is 0 Å². The van der Waals surface area contributed by atoms with Crippen molar-refractivity contribution in [2.75, 3.05) is 31.1 Å². The van der Waals surface area contributed by atoms with Crippen LogP contribution < -0.4 is 4.90 Å². The highest BCUT2D eigenvalue weighted by Gasteiger charge is 2.42. The Bertz CT molecular complexity index is 952. The maximum atomic E-state index is 13.3. The molecular weight excluding hydrogens is 360 g/mol. The van der Waals surface area contributed by atoms with E-state index in [1.54, 1.807) is 0 Å². The summed E-state index contributed by atoms with van der Waals surface area (Å²) in [6.07, 6.45) is 0. The molecule has 0 saturated heterocycles. The molecule has 1 amide bonds. The number of aliphatic imine (C=N–C) groups is 1. The standard InChI is InChI=1S/C21H19ClN4O/c22-16-8-6-15(7-9-16)12-26-20(27)18-13-24(17-4-2-1-3-5-17)14-19(18)25-11-10-23-21(25)26/h1-9H,10-14H2. The average molecular weight is 379 g/mol. The van der Waals surface area contributed by atoms with Crippen molar-refractivity contribution in [3.63, 3.8) is 0 Å². The van der Waals surface area contributed by atoms with E-state index in [9.17, 15) is 4.79 Å². The first-order valence-electron chi connectivity index (χ1n) is 9.11. The Morgan fingerprint density at radius 2 is 1.78 bits per heavy atom. The van der Waals surface area contributed by atoms with Gasteiger partial charge in [0.15, 0.2) is 0 Å². The highest BCUT2D eigenvalue weighted by Crippen LogP contribution is 2.33. The van der Waals surface area contributed by atoms with Gasteiger partial charge in [-0.1, -0.05) is 41.9 Å². The molecule has 0 bridgehead atoms. The van der Waals surface area contributed by atoms with Gasteiger partial charge < -0.3 is 9.80 Å². The number of guanidine groups is 1. The van der Waals surface area contributed by atoms with E-state index in [0.29, 0.717) is 18.1 Å². The third-order valence-corrected chi connectivity index (χ3v) is 5.55. The molecule has 3 aliphatic rings. The molecular formula is C21H19ClN4O. The third-order valence-electron chi connectivity index (χ3n) is 5.30. The average Bonchev–Trinajstić information content (AvgIpc) is 3.34. The van der Waals surface area contributed by atoms with Gasteiger partial charge in [0.2, 0.25) is 5.96 Å². The first-order valence-corrected chi connectivity index (χ1v) is 9.49. The second-order valence-electron chi connectivity index (χ2n) is 6.97. The van der Waals surface area contributed by atoms with Gasteiger partial charge in [0.05, 0.1) is 37.4 Å². The number of amides is 1. The Morgan fingerprint density at radius 1 is 1.00 bits per heavy atom. The largest absolute Gasteiger partial charge is 0.361 e. The maximum absolute atomic E-state index is 13.3. The van der Waals surface area contributed by atoms with Gasteiger partial charge in [-0.05, 0) is 29.8 Å². The summed E-state index contributed by atoms with van der Waals surface area (Å²) in [6.45, 7) is 3.45. The predicted molar refractivity (Wildman–Crippen MR) is 107 cm³/mol. The third kappa shape index (κ3) is 2.79. The van der Waals surface area contributed by atoms with Crippen molar-refractivity contribution in [1.82, 2.24) is 9.80 Å². The zero-order valence-electron chi connectivity index (χ0n) is 14.8. The van der Waals surface area contributed by atoms with E-state index in [4.69, 9.17) is 11.6 Å². The van der Waals surface area contributed by atoms with Crippen molar-refractivity contribution >= 4 is 29.2 Å². The van der Waals surface area contributed by atoms with Gasteiger partial charge in [-0.15, -0.1) is 0 Å². The Morgan fingerprint density at radius 3 is 2.56 bits per heavy atom. The zero-order chi connectivity index (χ0) is 18.4. The summed E-state index contributed by atoms with van der Waals surface area (Å²) in [5.41, 5.74) is 4.17. The highest BCUT2D eigenvalue weighted by molar-refractivity contribution is 6.30. The Balaban J connectivity index is 1.45. The van der Waals surface area contributed by atoms with Crippen LogP contribution in [0, 0.1) is 0 Å². The molecule has 6 heteroatoms. The lowest BCUT2D eigenvalue weighted by molar-refractivity contribution is -0.124. The first-order chi connectivity index (χ1) is 13.2. The van der Waals surface area contributed by atoms with E-state index in [1.807, 2.05) is 47.4 Å². The fourth-order valence-electron chi connectivity index (χ4n) is 3.97. The molecule has 0 unspecified atom stereocenters. The Hall–Kier alpha value is -2.79. The van der Waals surface area contributed by atoms with E-state index in [2.05, 4.69) is 26.9 Å². The number of benzene rings is 2. The lowest BCUT2D eigenvalue weighted by atomic mass is 10.1. The molecule has 0 saturated carbocycles. The molecule has 5 nitrogen and oxygen atoms in total. The molecule has 0 spiro atoms. The number of rotatable bonds is 3. The van der Waals surface area contributed by atoms with Crippen LogP contribution in [0.1, 0.15) is 5.56 Å². The Kier molecular flexibility index (Phi) is 3.90. The number of anilines is 1. The molecule has 136 valence electrons. The number of hydrogen-bond donors (Lipinski definition) is 0. The number of nitrogens with zero attached hydrogens (tertiary/aromatic N) is 4. The molecule has 0 fully saturated rings. The van der Waals surface area contributed by atoms with Crippen molar-refractivity contribution in [3.8, 4) is 0 Å². The van der Waals surface area contributed by atoms with Crippen LogP contribution in [0.2, 0.25) is 5.02 Å². The van der Waals surface area contributed by atoms with E-state index < -0.39 is 0 Å². The number of hydrogen-bond acceptors (Lipinski definition) is 4. The van der Waals surface area contributed by atoms with Crippen molar-refractivity contribution in [2.45, 2.75) is 6.54 Å². The van der Waals surface area contributed by atoms with Crippen LogP contribution in [0.15, 0.2) is 70.9 Å². The summed E-state index contributed by atoms with van der Waals surface area (Å²) < 4.78 is 0. The van der Waals surface area contributed by atoms with Gasteiger partial charge in [0.1, 0.15) is 0 Å². The number of carbonyl (C=O) groups is 1. The number of para-hydroxylation sites is 1. The van der Waals surface area contributed by atoms with Crippen molar-refractivity contribution in [3.05, 3.63) is 76.5 Å². The van der Waals surface area contributed by atoms with Gasteiger partial charge in [0.25, 0.3) is 5.91 Å². The molecule has 2 aromatic rings. The molecule has 0 N–H and O–H groups in total. The quantitative estimate of drug-likeness (QED) is 0.823. The van der Waals surface area contributed by atoms with E-state index in [0.717, 1.165) is 48.1 Å². The summed E-state index contributed by atoms with van der Waals surface area (Å²) in [5.74, 6) is 0.846. The van der Waals surface area contributed by atoms with E-state index in [-0.39, 0.29) is 5.91 Å². The minimum absolute atomic E-state index is 0.0651. The van der Waals surface area contributed by atoms with Gasteiger partial charge in [0, 0.05) is 17.3 Å². The van der Waals surface area contributed by atoms with Crippen LogP contribution in [-0.2, 0) is 11.3 Å². The molecule has 0 atom stereocenters. The van der Waals surface area contributed by atoms with Crippen LogP contribution in [-0.4, -0.2) is 47.8 Å². The molecule has 3 heterocycles. The zero-order valence-corrected chi connectivity index (χ0v) is 15.6. The second kappa shape index (κ2) is 6.43. The minimum Gasteiger partial charge on any atom is -0.361 e. The van der Waals surface area contributed by atoms with Crippen LogP contribution in [0.3, 0.4) is 0 Å². The van der Waals surface area contributed by atoms with Gasteiger partial charge in [-0.3, -0.25) is 14.7 Å². The van der Waals surface area contributed by atoms with Crippen LogP contribution in [0.4, 0.5) is 5.69 Å². The minimum atomic E-state index is 0.0651. The first kappa shape index (κ1) is 16.4. The molecule has 3 aliphatic heterocycles. The summed E-state index contributed by atoms with van der Waals surface area (Å²) in [7, 11) is 0. The van der Waals surface area contributed by atoms with Crippen molar-refractivity contribution in [2.24, 2.45) is 4.99 Å².